The standard InChI is InChI=1S/C48H98N32O9/c49-25(9-1-17-66-41(50)51)33(81)74-26(10-2-18-67-42(52)53)34(82)75-27(11-3-19-68-43(54)55)35(83)76-28(12-4-20-69-44(56)57)36(84)77-29(13-5-21-70-45(58)59)37(85)78-30(14-6-22-71-46(60)61)38(86)79-31(15-7-23-72-47(62)63)39(87)80-32(40(88)89)16-8-24-73-48(64)65/h25-32H,1-24,49H2,(H,74,81)(H,75,82)(H,76,83)(H,77,84)(H,78,85)(H,79,86)(H,80,87)(H,88,89)(H4,50,51,66)(H4,52,53,67)(H4,54,55,68)(H4,56,57,69)(H4,58,59,70)(H4,60,61,71)(H4,62,63,72)(H4,64,65,73)/t25-,26-,27-,28-,29-,30-,31-,32-/m1/s1. The van der Waals surface area contributed by atoms with Gasteiger partial charge in [-0.3, -0.25) is 76.8 Å². The van der Waals surface area contributed by atoms with Crippen LogP contribution in [0.5, 0.6) is 0 Å². The van der Waals surface area contributed by atoms with Crippen LogP contribution in [0, 0.1) is 43.3 Å². The van der Waals surface area contributed by atoms with Gasteiger partial charge in [0.1, 0.15) is 42.3 Å². The van der Waals surface area contributed by atoms with Gasteiger partial charge in [0.15, 0.2) is 47.7 Å². The highest BCUT2D eigenvalue weighted by molar-refractivity contribution is 5.98. The van der Waals surface area contributed by atoms with E-state index in [1.807, 2.05) is 0 Å². The number of carbonyl (C=O) groups is 8. The maximum atomic E-state index is 14.6. The predicted molar refractivity (Wildman–Crippen MR) is 332 cm³/mol. The molecule has 504 valence electrons. The lowest BCUT2D eigenvalue weighted by Gasteiger charge is -2.28. The summed E-state index contributed by atoms with van der Waals surface area (Å²) in [5.74, 6) is -10.8. The number of rotatable bonds is 47. The van der Waals surface area contributed by atoms with Crippen molar-refractivity contribution in [3.05, 3.63) is 0 Å². The van der Waals surface area contributed by atoms with Crippen LogP contribution < -0.4 is 131 Å². The van der Waals surface area contributed by atoms with Gasteiger partial charge in [0, 0.05) is 52.4 Å². The highest BCUT2D eigenvalue weighted by Crippen LogP contribution is 2.10. The molecule has 0 saturated carbocycles. The van der Waals surface area contributed by atoms with E-state index in [0.717, 1.165) is 0 Å². The molecule has 0 aromatic heterocycles. The van der Waals surface area contributed by atoms with Gasteiger partial charge in [-0.2, -0.15) is 0 Å². The quantitative estimate of drug-likeness (QED) is 0.0153. The molecule has 42 N–H and O–H groups in total. The van der Waals surface area contributed by atoms with E-state index < -0.39 is 119 Å². The molecule has 0 aliphatic rings. The molecule has 89 heavy (non-hydrogen) atoms. The van der Waals surface area contributed by atoms with Gasteiger partial charge in [-0.15, -0.1) is 0 Å². The number of hydrogen-bond acceptors (Lipinski definition) is 17. The third-order valence-corrected chi connectivity index (χ3v) is 12.7. The van der Waals surface area contributed by atoms with Gasteiger partial charge >= 0.3 is 5.97 Å². The van der Waals surface area contributed by atoms with Crippen molar-refractivity contribution in [2.24, 2.45) is 51.6 Å². The highest BCUT2D eigenvalue weighted by atomic mass is 16.4. The molecule has 0 aromatic carbocycles. The zero-order valence-corrected chi connectivity index (χ0v) is 50.0. The van der Waals surface area contributed by atoms with Gasteiger partial charge in [-0.1, -0.05) is 0 Å². The maximum absolute atomic E-state index is 14.6. The van der Waals surface area contributed by atoms with E-state index in [9.17, 15) is 43.5 Å². The van der Waals surface area contributed by atoms with E-state index in [2.05, 4.69) is 79.8 Å². The first-order valence-corrected chi connectivity index (χ1v) is 28.7. The second kappa shape index (κ2) is 45.2. The minimum Gasteiger partial charge on any atom is -0.480 e. The van der Waals surface area contributed by atoms with E-state index >= 15 is 0 Å². The fourth-order valence-electron chi connectivity index (χ4n) is 8.16. The van der Waals surface area contributed by atoms with Crippen molar-refractivity contribution in [1.82, 2.24) is 79.8 Å². The van der Waals surface area contributed by atoms with Crippen molar-refractivity contribution in [1.29, 1.82) is 43.3 Å². The Balaban J connectivity index is 7.39. The molecule has 0 heterocycles. The van der Waals surface area contributed by atoms with Crippen LogP contribution in [0.4, 0.5) is 0 Å². The molecule has 41 heteroatoms. The molecule has 0 fully saturated rings. The number of carboxylic acid groups (broad SMARTS) is 1. The van der Waals surface area contributed by atoms with E-state index in [1.165, 1.54) is 0 Å². The number of carboxylic acids is 1. The number of nitrogens with one attached hydrogen (secondary N) is 23. The third kappa shape index (κ3) is 40.0. The Morgan fingerprint density at radius 3 is 0.573 bits per heavy atom. The van der Waals surface area contributed by atoms with Crippen LogP contribution in [0.15, 0.2) is 0 Å². The number of nitrogens with two attached hydrogens (primary N) is 9. The van der Waals surface area contributed by atoms with Crippen molar-refractivity contribution in [2.45, 2.75) is 151 Å². The Hall–Kier alpha value is -10.1. The van der Waals surface area contributed by atoms with Gasteiger partial charge in [0.25, 0.3) is 0 Å². The zero-order chi connectivity index (χ0) is 67.4. The van der Waals surface area contributed by atoms with Crippen molar-refractivity contribution >= 4 is 95.0 Å². The fraction of sp³-hybridized carbons (Fsp3) is 0.667. The lowest BCUT2D eigenvalue weighted by molar-refractivity contribution is -0.142. The molecule has 0 aromatic rings. The lowest BCUT2D eigenvalue weighted by Crippen LogP contribution is -2.60. The maximum Gasteiger partial charge on any atom is 0.326 e. The zero-order valence-electron chi connectivity index (χ0n) is 50.0. The molecule has 0 radical (unpaired) electrons. The molecule has 8 atom stereocenters. The summed E-state index contributed by atoms with van der Waals surface area (Å²) < 4.78 is 0. The first kappa shape index (κ1) is 78.9. The number of hydrogen-bond donors (Lipinski definition) is 33. The number of guanidine groups is 8. The van der Waals surface area contributed by atoms with Gasteiger partial charge < -0.3 is 136 Å². The van der Waals surface area contributed by atoms with Crippen LogP contribution in [0.1, 0.15) is 103 Å². The van der Waals surface area contributed by atoms with Crippen LogP contribution in [-0.2, 0) is 38.4 Å². The van der Waals surface area contributed by atoms with Crippen LogP contribution in [-0.4, -0.2) is 201 Å². The van der Waals surface area contributed by atoms with Crippen LogP contribution >= 0.6 is 0 Å². The first-order valence-electron chi connectivity index (χ1n) is 28.7. The van der Waals surface area contributed by atoms with Crippen molar-refractivity contribution in [2.75, 3.05) is 52.4 Å². The number of carbonyl (C=O) groups excluding carboxylic acids is 7. The Kier molecular flexibility index (Phi) is 40.1. The van der Waals surface area contributed by atoms with Crippen LogP contribution in [0.3, 0.4) is 0 Å². The van der Waals surface area contributed by atoms with Crippen LogP contribution in [0.25, 0.3) is 0 Å². The van der Waals surface area contributed by atoms with Crippen molar-refractivity contribution in [3.63, 3.8) is 0 Å². The normalized spacial score (nSPS) is 13.3. The van der Waals surface area contributed by atoms with Gasteiger partial charge in [-0.25, -0.2) is 4.79 Å². The Labute approximate surface area is 515 Å². The summed E-state index contributed by atoms with van der Waals surface area (Å²) in [5, 5.41) is 109. The fourth-order valence-corrected chi connectivity index (χ4v) is 8.16. The first-order chi connectivity index (χ1) is 41.9. The van der Waals surface area contributed by atoms with Gasteiger partial charge in [0.05, 0.1) is 6.04 Å². The molecule has 7 amide bonds. The number of aliphatic carboxylic acids is 1. The van der Waals surface area contributed by atoms with Gasteiger partial charge in [-0.05, 0) is 103 Å². The molecule has 41 nitrogen and oxygen atoms in total. The Bertz CT molecular complexity index is 2380. The predicted octanol–water partition coefficient (Wildman–Crippen LogP) is -10.1. The van der Waals surface area contributed by atoms with E-state index in [0.29, 0.717) is 6.42 Å². The Morgan fingerprint density at radius 1 is 0.258 bits per heavy atom. The summed E-state index contributed by atoms with van der Waals surface area (Å²) in [7, 11) is 0. The van der Waals surface area contributed by atoms with E-state index in [-0.39, 0.29) is 173 Å². The average Bonchev–Trinajstić information content (AvgIpc) is 3.35. The monoisotopic (exact) mass is 1270 g/mol. The summed E-state index contributed by atoms with van der Waals surface area (Å²) in [4.78, 5) is 112. The molecule has 0 spiro atoms. The molecule has 0 bridgehead atoms. The molecular weight excluding hydrogens is 1170 g/mol. The highest BCUT2D eigenvalue weighted by Gasteiger charge is 2.34. The summed E-state index contributed by atoms with van der Waals surface area (Å²) in [6.07, 6.45) is 0.0951. The smallest absolute Gasteiger partial charge is 0.326 e. The minimum atomic E-state index is -1.53. The summed E-state index contributed by atoms with van der Waals surface area (Å²) in [6, 6.07) is -11.4. The second-order valence-corrected chi connectivity index (χ2v) is 20.2. The molecule has 0 rings (SSSR count). The van der Waals surface area contributed by atoms with Crippen molar-refractivity contribution < 1.29 is 43.5 Å². The van der Waals surface area contributed by atoms with Gasteiger partial charge in [0.2, 0.25) is 41.4 Å². The summed E-state index contributed by atoms with van der Waals surface area (Å²) in [5.41, 5.74) is 49.6. The molecule has 0 unspecified atom stereocenters. The van der Waals surface area contributed by atoms with E-state index in [4.69, 9.17) is 94.9 Å². The average molecular weight is 1270 g/mol. The second-order valence-electron chi connectivity index (χ2n) is 20.2. The summed E-state index contributed by atoms with van der Waals surface area (Å²) >= 11 is 0. The number of amides is 7. The molecule has 0 aliphatic heterocycles. The molecular formula is C48H98N32O9. The van der Waals surface area contributed by atoms with Crippen LogP contribution in [0.2, 0.25) is 0 Å². The molecule has 0 saturated heterocycles. The minimum absolute atomic E-state index is 0.00540. The lowest BCUT2D eigenvalue weighted by atomic mass is 10.0. The molecule has 0 aliphatic carbocycles. The van der Waals surface area contributed by atoms with E-state index in [1.54, 1.807) is 0 Å². The summed E-state index contributed by atoms with van der Waals surface area (Å²) in [6.45, 7) is 0.569. The SMILES string of the molecule is N=C(N)NCCC[C@@H](N)C(=O)N[C@H](CCCNC(=N)N)C(=O)N[C@H](CCCNC(=N)N)C(=O)N[C@H](CCCNC(=N)N)C(=O)N[C@H](CCCNC(=N)N)C(=O)N[C@H](CCCNC(=N)N)C(=O)N[C@H](CCCNC(=N)N)C(=O)N[C@H](CCCNC(=N)N)C(=O)O. The topological polar surface area (TPSA) is 762 Å². The third-order valence-electron chi connectivity index (χ3n) is 12.7. The Morgan fingerprint density at radius 2 is 0.404 bits per heavy atom. The van der Waals surface area contributed by atoms with Crippen molar-refractivity contribution in [3.8, 4) is 0 Å². The largest absolute Gasteiger partial charge is 0.480 e.